The number of piperidine rings is 1. The van der Waals surface area contributed by atoms with Crippen molar-refractivity contribution in [1.82, 2.24) is 9.80 Å². The van der Waals surface area contributed by atoms with Crippen molar-refractivity contribution < 1.29 is 14.3 Å². The van der Waals surface area contributed by atoms with Crippen molar-refractivity contribution >= 4 is 11.9 Å². The number of nitrogens with zero attached hydrogens (tertiary/aromatic N) is 2. The first kappa shape index (κ1) is 16.3. The van der Waals surface area contributed by atoms with E-state index >= 15 is 0 Å². The van der Waals surface area contributed by atoms with E-state index in [4.69, 9.17) is 4.74 Å². The van der Waals surface area contributed by atoms with Gasteiger partial charge in [0.1, 0.15) is 0 Å². The maximum Gasteiger partial charge on any atom is 0.307 e. The van der Waals surface area contributed by atoms with E-state index in [0.717, 1.165) is 51.5 Å². The molecular formula is C16H28N2O3. The van der Waals surface area contributed by atoms with Crippen LogP contribution in [0.3, 0.4) is 0 Å². The summed E-state index contributed by atoms with van der Waals surface area (Å²) in [4.78, 5) is 27.3. The summed E-state index contributed by atoms with van der Waals surface area (Å²) < 4.78 is 5.25. The van der Waals surface area contributed by atoms with Gasteiger partial charge in [-0.15, -0.1) is 0 Å². The SMILES string of the molecule is CC1CCN(CCC(=O)OCCCN2CCCC2=O)CC1. The molecule has 5 nitrogen and oxygen atoms in total. The highest BCUT2D eigenvalue weighted by molar-refractivity contribution is 5.78. The summed E-state index contributed by atoms with van der Waals surface area (Å²) in [5.74, 6) is 0.948. The van der Waals surface area contributed by atoms with Gasteiger partial charge in [0.15, 0.2) is 0 Å². The summed E-state index contributed by atoms with van der Waals surface area (Å²) >= 11 is 0. The highest BCUT2D eigenvalue weighted by Crippen LogP contribution is 2.16. The van der Waals surface area contributed by atoms with Crippen molar-refractivity contribution in [3.63, 3.8) is 0 Å². The van der Waals surface area contributed by atoms with E-state index in [9.17, 15) is 9.59 Å². The second-order valence-corrected chi connectivity index (χ2v) is 6.33. The van der Waals surface area contributed by atoms with E-state index in [2.05, 4.69) is 11.8 Å². The molecule has 0 aliphatic carbocycles. The Kier molecular flexibility index (Phi) is 6.49. The average Bonchev–Trinajstić information content (AvgIpc) is 2.88. The summed E-state index contributed by atoms with van der Waals surface area (Å²) in [7, 11) is 0. The predicted octanol–water partition coefficient (Wildman–Crippen LogP) is 1.66. The van der Waals surface area contributed by atoms with Crippen LogP contribution in [0.15, 0.2) is 0 Å². The van der Waals surface area contributed by atoms with Gasteiger partial charge in [0.25, 0.3) is 0 Å². The molecule has 21 heavy (non-hydrogen) atoms. The minimum absolute atomic E-state index is 0.110. The van der Waals surface area contributed by atoms with Crippen molar-refractivity contribution in [2.24, 2.45) is 5.92 Å². The Labute approximate surface area is 127 Å². The zero-order chi connectivity index (χ0) is 15.1. The third-order valence-electron chi connectivity index (χ3n) is 4.52. The van der Waals surface area contributed by atoms with Crippen molar-refractivity contribution in [3.8, 4) is 0 Å². The normalized spacial score (nSPS) is 21.0. The van der Waals surface area contributed by atoms with Crippen LogP contribution in [0.1, 0.15) is 45.4 Å². The van der Waals surface area contributed by atoms with Crippen LogP contribution in [0, 0.1) is 5.92 Å². The fraction of sp³-hybridized carbons (Fsp3) is 0.875. The summed E-state index contributed by atoms with van der Waals surface area (Å²) in [5, 5.41) is 0. The molecule has 0 radical (unpaired) electrons. The Morgan fingerprint density at radius 1 is 1.24 bits per heavy atom. The molecule has 2 rings (SSSR count). The van der Waals surface area contributed by atoms with Gasteiger partial charge in [-0.25, -0.2) is 0 Å². The highest BCUT2D eigenvalue weighted by Gasteiger charge is 2.19. The Hall–Kier alpha value is -1.10. The van der Waals surface area contributed by atoms with E-state index in [1.165, 1.54) is 12.8 Å². The number of carbonyl (C=O) groups is 2. The van der Waals surface area contributed by atoms with E-state index in [-0.39, 0.29) is 11.9 Å². The second-order valence-electron chi connectivity index (χ2n) is 6.33. The van der Waals surface area contributed by atoms with Gasteiger partial charge in [0.2, 0.25) is 5.91 Å². The van der Waals surface area contributed by atoms with Crippen molar-refractivity contribution in [3.05, 3.63) is 0 Å². The minimum atomic E-state index is -0.110. The summed E-state index contributed by atoms with van der Waals surface area (Å²) in [6, 6.07) is 0. The molecule has 0 bridgehead atoms. The highest BCUT2D eigenvalue weighted by atomic mass is 16.5. The lowest BCUT2D eigenvalue weighted by molar-refractivity contribution is -0.144. The Morgan fingerprint density at radius 3 is 2.67 bits per heavy atom. The average molecular weight is 296 g/mol. The lowest BCUT2D eigenvalue weighted by Crippen LogP contribution is -2.34. The molecule has 2 heterocycles. The van der Waals surface area contributed by atoms with Crippen molar-refractivity contribution in [1.29, 1.82) is 0 Å². The maximum atomic E-state index is 11.7. The Bertz CT molecular complexity index is 351. The fourth-order valence-corrected chi connectivity index (χ4v) is 2.99. The number of carbonyl (C=O) groups excluding carboxylic acids is 2. The number of hydrogen-bond acceptors (Lipinski definition) is 4. The van der Waals surface area contributed by atoms with Gasteiger partial charge >= 0.3 is 5.97 Å². The number of amides is 1. The Morgan fingerprint density at radius 2 is 2.00 bits per heavy atom. The smallest absolute Gasteiger partial charge is 0.307 e. The molecule has 0 aromatic carbocycles. The van der Waals surface area contributed by atoms with Crippen molar-refractivity contribution in [2.75, 3.05) is 39.3 Å². The van der Waals surface area contributed by atoms with Crippen LogP contribution in [0.4, 0.5) is 0 Å². The topological polar surface area (TPSA) is 49.9 Å². The lowest BCUT2D eigenvalue weighted by atomic mass is 9.99. The zero-order valence-electron chi connectivity index (χ0n) is 13.2. The molecule has 2 saturated heterocycles. The third kappa shape index (κ3) is 5.65. The van der Waals surface area contributed by atoms with Crippen LogP contribution in [-0.4, -0.2) is 61.0 Å². The molecule has 0 aromatic heterocycles. The van der Waals surface area contributed by atoms with Gasteiger partial charge in [-0.1, -0.05) is 6.92 Å². The maximum absolute atomic E-state index is 11.7. The predicted molar refractivity (Wildman–Crippen MR) is 80.8 cm³/mol. The molecular weight excluding hydrogens is 268 g/mol. The molecule has 2 aliphatic heterocycles. The summed E-state index contributed by atoms with van der Waals surface area (Å²) in [6.07, 6.45) is 5.34. The lowest BCUT2D eigenvalue weighted by Gasteiger charge is -2.29. The monoisotopic (exact) mass is 296 g/mol. The standard InChI is InChI=1S/C16H28N2O3/c1-14-5-10-17(11-6-14)12-7-16(20)21-13-3-9-18-8-2-4-15(18)19/h14H,2-13H2,1H3. The molecule has 5 heteroatoms. The van der Waals surface area contributed by atoms with Crippen molar-refractivity contribution in [2.45, 2.75) is 45.4 Å². The molecule has 2 aliphatic rings. The van der Waals surface area contributed by atoms with E-state index in [1.807, 2.05) is 4.90 Å². The molecule has 0 saturated carbocycles. The molecule has 0 spiro atoms. The number of rotatable bonds is 7. The number of hydrogen-bond donors (Lipinski definition) is 0. The van der Waals surface area contributed by atoms with E-state index in [1.54, 1.807) is 0 Å². The van der Waals surface area contributed by atoms with Gasteiger partial charge in [0.05, 0.1) is 13.0 Å². The summed E-state index contributed by atoms with van der Waals surface area (Å²) in [5.41, 5.74) is 0. The third-order valence-corrected chi connectivity index (χ3v) is 4.52. The van der Waals surface area contributed by atoms with Crippen LogP contribution in [0.25, 0.3) is 0 Å². The van der Waals surface area contributed by atoms with Gasteiger partial charge in [0, 0.05) is 26.1 Å². The minimum Gasteiger partial charge on any atom is -0.466 e. The van der Waals surface area contributed by atoms with Gasteiger partial charge in [-0.05, 0) is 44.7 Å². The summed E-state index contributed by atoms with van der Waals surface area (Å²) in [6.45, 7) is 7.32. The molecule has 1 amide bonds. The first-order chi connectivity index (χ1) is 10.1. The largest absolute Gasteiger partial charge is 0.466 e. The number of ether oxygens (including phenoxy) is 1. The molecule has 2 fully saturated rings. The fourth-order valence-electron chi connectivity index (χ4n) is 2.99. The number of esters is 1. The molecule has 0 unspecified atom stereocenters. The Balaban J connectivity index is 1.48. The van der Waals surface area contributed by atoms with Gasteiger partial charge < -0.3 is 14.5 Å². The first-order valence-corrected chi connectivity index (χ1v) is 8.31. The molecule has 0 aromatic rings. The first-order valence-electron chi connectivity index (χ1n) is 8.31. The van der Waals surface area contributed by atoms with E-state index in [0.29, 0.717) is 19.4 Å². The van der Waals surface area contributed by atoms with E-state index < -0.39 is 0 Å². The van der Waals surface area contributed by atoms with Crippen LogP contribution < -0.4 is 0 Å². The zero-order valence-corrected chi connectivity index (χ0v) is 13.2. The quantitative estimate of drug-likeness (QED) is 0.529. The van der Waals surface area contributed by atoms with Gasteiger partial charge in [-0.3, -0.25) is 9.59 Å². The van der Waals surface area contributed by atoms with Gasteiger partial charge in [-0.2, -0.15) is 0 Å². The molecule has 0 atom stereocenters. The van der Waals surface area contributed by atoms with Crippen LogP contribution >= 0.6 is 0 Å². The molecule has 0 N–H and O–H groups in total. The van der Waals surface area contributed by atoms with Crippen LogP contribution in [0.5, 0.6) is 0 Å². The number of likely N-dealkylation sites (tertiary alicyclic amines) is 2. The van der Waals surface area contributed by atoms with Crippen LogP contribution in [-0.2, 0) is 14.3 Å². The second kappa shape index (κ2) is 8.37. The molecule has 120 valence electrons. The van der Waals surface area contributed by atoms with Crippen LogP contribution in [0.2, 0.25) is 0 Å².